The van der Waals surface area contributed by atoms with Gasteiger partial charge in [0.25, 0.3) is 0 Å². The molecule has 1 aliphatic rings. The van der Waals surface area contributed by atoms with Crippen LogP contribution in [0.2, 0.25) is 0 Å². The predicted octanol–water partition coefficient (Wildman–Crippen LogP) is 4.64. The Bertz CT molecular complexity index is 1040. The van der Waals surface area contributed by atoms with Crippen molar-refractivity contribution >= 4 is 15.8 Å². The molecule has 1 heterocycles. The smallest absolute Gasteiger partial charge is 0.325 e. The third-order valence-electron chi connectivity index (χ3n) is 6.74. The van der Waals surface area contributed by atoms with Crippen LogP contribution in [0.5, 0.6) is 11.5 Å². The molecular formula is C27H37NO6S. The second-order valence-electron chi connectivity index (χ2n) is 9.19. The second kappa shape index (κ2) is 12.4. The molecule has 35 heavy (non-hydrogen) atoms. The molecule has 0 amide bonds. The summed E-state index contributed by atoms with van der Waals surface area (Å²) >= 11 is 0. The maximum Gasteiger partial charge on any atom is 0.325 e. The largest absolute Gasteiger partial charge is 0.497 e. The molecule has 0 aliphatic carbocycles. The number of hydrogen-bond acceptors (Lipinski definition) is 6. The van der Waals surface area contributed by atoms with Crippen molar-refractivity contribution in [1.29, 1.82) is 0 Å². The number of sulfone groups is 1. The molecule has 0 spiro atoms. The highest BCUT2D eigenvalue weighted by molar-refractivity contribution is 7.93. The van der Waals surface area contributed by atoms with Crippen LogP contribution in [-0.4, -0.2) is 50.5 Å². The fourth-order valence-electron chi connectivity index (χ4n) is 4.70. The average molecular weight is 504 g/mol. The molecule has 2 unspecified atom stereocenters. The molecule has 3 rings (SSSR count). The number of rotatable bonds is 12. The summed E-state index contributed by atoms with van der Waals surface area (Å²) in [5.41, 5.74) is 0.635. The molecule has 7 nitrogen and oxygen atoms in total. The van der Waals surface area contributed by atoms with Crippen molar-refractivity contribution in [3.05, 3.63) is 54.1 Å². The van der Waals surface area contributed by atoms with Crippen molar-refractivity contribution in [3.63, 3.8) is 0 Å². The van der Waals surface area contributed by atoms with Crippen LogP contribution in [0.4, 0.5) is 0 Å². The van der Waals surface area contributed by atoms with E-state index in [0.29, 0.717) is 36.1 Å². The minimum absolute atomic E-state index is 0.00331. The van der Waals surface area contributed by atoms with Gasteiger partial charge in [0.2, 0.25) is 0 Å². The van der Waals surface area contributed by atoms with Crippen LogP contribution >= 0.6 is 0 Å². The van der Waals surface area contributed by atoms with Crippen LogP contribution < -0.4 is 14.8 Å². The first-order valence-corrected chi connectivity index (χ1v) is 13.9. The first-order valence-electron chi connectivity index (χ1n) is 12.4. The van der Waals surface area contributed by atoms with Gasteiger partial charge in [-0.1, -0.05) is 38.3 Å². The topological polar surface area (TPSA) is 102 Å². The molecule has 0 bridgehead atoms. The summed E-state index contributed by atoms with van der Waals surface area (Å²) in [4.78, 5) is 12.5. The highest BCUT2D eigenvalue weighted by atomic mass is 32.2. The van der Waals surface area contributed by atoms with Crippen LogP contribution in [-0.2, 0) is 21.1 Å². The summed E-state index contributed by atoms with van der Waals surface area (Å²) in [6.07, 6.45) is 6.13. The molecule has 0 radical (unpaired) electrons. The Labute approximate surface area is 208 Å². The highest BCUT2D eigenvalue weighted by Gasteiger charge is 2.51. The van der Waals surface area contributed by atoms with Gasteiger partial charge in [-0.2, -0.15) is 0 Å². The Kier molecular flexibility index (Phi) is 9.57. The Hall–Kier alpha value is -2.58. The minimum atomic E-state index is -4.18. The number of benzene rings is 2. The van der Waals surface area contributed by atoms with Gasteiger partial charge in [-0.25, -0.2) is 8.42 Å². The van der Waals surface area contributed by atoms with Gasteiger partial charge in [-0.15, -0.1) is 0 Å². The standard InChI is InChI=1S/C27H37NO6S/c1-3-17-27(26(29)30,35(31,32)25-14-12-23(33-2)13-15-25)20-21-8-10-24(11-9-21)34-19-16-22-7-5-4-6-18-28-22/h8-15,22,28H,3-7,16-20H2,1-2H3,(H,29,30). The lowest BCUT2D eigenvalue weighted by Crippen LogP contribution is -2.48. The van der Waals surface area contributed by atoms with Gasteiger partial charge < -0.3 is 19.9 Å². The zero-order valence-corrected chi connectivity index (χ0v) is 21.5. The molecule has 2 aromatic rings. The Morgan fingerprint density at radius 2 is 1.74 bits per heavy atom. The second-order valence-corrected chi connectivity index (χ2v) is 11.4. The van der Waals surface area contributed by atoms with E-state index in [9.17, 15) is 18.3 Å². The molecule has 0 saturated carbocycles. The maximum atomic E-state index is 13.6. The van der Waals surface area contributed by atoms with Crippen molar-refractivity contribution in [3.8, 4) is 11.5 Å². The number of carbonyl (C=O) groups is 1. The van der Waals surface area contributed by atoms with Crippen LogP contribution in [0.3, 0.4) is 0 Å². The quantitative estimate of drug-likeness (QED) is 0.435. The van der Waals surface area contributed by atoms with E-state index in [4.69, 9.17) is 9.47 Å². The van der Waals surface area contributed by atoms with E-state index in [2.05, 4.69) is 5.32 Å². The highest BCUT2D eigenvalue weighted by Crippen LogP contribution is 2.35. The summed E-state index contributed by atoms with van der Waals surface area (Å²) in [6.45, 7) is 3.45. The fraction of sp³-hybridized carbons (Fsp3) is 0.519. The number of hydrogen-bond donors (Lipinski definition) is 2. The van der Waals surface area contributed by atoms with E-state index in [1.54, 1.807) is 31.2 Å². The zero-order chi connectivity index (χ0) is 25.3. The van der Waals surface area contributed by atoms with E-state index in [-0.39, 0.29) is 17.7 Å². The zero-order valence-electron chi connectivity index (χ0n) is 20.7. The van der Waals surface area contributed by atoms with E-state index in [1.165, 1.54) is 57.1 Å². The molecular weight excluding hydrogens is 466 g/mol. The van der Waals surface area contributed by atoms with Crippen molar-refractivity contribution < 1.29 is 27.8 Å². The van der Waals surface area contributed by atoms with Gasteiger partial charge in [0.05, 0.1) is 18.6 Å². The number of methoxy groups -OCH3 is 1. The van der Waals surface area contributed by atoms with E-state index < -0.39 is 20.6 Å². The van der Waals surface area contributed by atoms with Crippen LogP contribution in [0.15, 0.2) is 53.4 Å². The Morgan fingerprint density at radius 3 is 2.37 bits per heavy atom. The summed E-state index contributed by atoms with van der Waals surface area (Å²) < 4.78 is 36.3. The van der Waals surface area contributed by atoms with E-state index >= 15 is 0 Å². The van der Waals surface area contributed by atoms with Gasteiger partial charge in [-0.05, 0) is 74.2 Å². The van der Waals surface area contributed by atoms with Gasteiger partial charge in [0, 0.05) is 12.5 Å². The molecule has 1 saturated heterocycles. The molecule has 192 valence electrons. The molecule has 1 fully saturated rings. The van der Waals surface area contributed by atoms with Gasteiger partial charge in [0.15, 0.2) is 14.6 Å². The van der Waals surface area contributed by atoms with Crippen molar-refractivity contribution in [2.75, 3.05) is 20.3 Å². The monoisotopic (exact) mass is 503 g/mol. The lowest BCUT2D eigenvalue weighted by atomic mass is 9.94. The van der Waals surface area contributed by atoms with Crippen molar-refractivity contribution in [2.24, 2.45) is 0 Å². The van der Waals surface area contributed by atoms with Crippen LogP contribution in [0.25, 0.3) is 0 Å². The van der Waals surface area contributed by atoms with Crippen molar-refractivity contribution in [1.82, 2.24) is 5.32 Å². The predicted molar refractivity (Wildman–Crippen MR) is 136 cm³/mol. The first kappa shape index (κ1) is 27.0. The third kappa shape index (κ3) is 6.55. The van der Waals surface area contributed by atoms with Gasteiger partial charge in [0.1, 0.15) is 11.5 Å². The molecule has 2 aromatic carbocycles. The molecule has 2 N–H and O–H groups in total. The fourth-order valence-corrected chi connectivity index (χ4v) is 6.70. The number of carboxylic acids is 1. The number of aliphatic carboxylic acids is 1. The lowest BCUT2D eigenvalue weighted by Gasteiger charge is -2.29. The summed E-state index contributed by atoms with van der Waals surface area (Å²) in [5, 5.41) is 13.8. The minimum Gasteiger partial charge on any atom is -0.497 e. The molecule has 2 atom stereocenters. The number of ether oxygens (including phenoxy) is 2. The normalized spacial score (nSPS) is 18.3. The van der Waals surface area contributed by atoms with Gasteiger partial charge >= 0.3 is 5.97 Å². The molecule has 0 aromatic heterocycles. The average Bonchev–Trinajstić information content (AvgIpc) is 3.13. The molecule has 1 aliphatic heterocycles. The van der Waals surface area contributed by atoms with Crippen LogP contribution in [0, 0.1) is 0 Å². The van der Waals surface area contributed by atoms with E-state index in [0.717, 1.165) is 13.0 Å². The molecule has 8 heteroatoms. The van der Waals surface area contributed by atoms with Crippen LogP contribution in [0.1, 0.15) is 57.4 Å². The van der Waals surface area contributed by atoms with Gasteiger partial charge in [-0.3, -0.25) is 4.79 Å². The maximum absolute atomic E-state index is 13.6. The third-order valence-corrected chi connectivity index (χ3v) is 9.18. The lowest BCUT2D eigenvalue weighted by molar-refractivity contribution is -0.140. The number of carboxylic acid groups (broad SMARTS) is 1. The number of nitrogens with one attached hydrogen (secondary N) is 1. The Balaban J connectivity index is 1.74. The summed E-state index contributed by atoms with van der Waals surface area (Å²) in [6, 6.07) is 13.4. The Morgan fingerprint density at radius 1 is 1.06 bits per heavy atom. The van der Waals surface area contributed by atoms with E-state index in [1.807, 2.05) is 0 Å². The van der Waals surface area contributed by atoms with Crippen molar-refractivity contribution in [2.45, 2.75) is 74.0 Å². The summed E-state index contributed by atoms with van der Waals surface area (Å²) in [5.74, 6) is -0.144. The first-order chi connectivity index (χ1) is 16.8. The summed E-state index contributed by atoms with van der Waals surface area (Å²) in [7, 11) is -2.69. The SMILES string of the molecule is CCCC(Cc1ccc(OCCC2CCCCCN2)cc1)(C(=O)O)S(=O)(=O)c1ccc(OC)cc1.